The molecule has 26 heavy (non-hydrogen) atoms. The molecule has 5 heteroatoms. The first-order valence-corrected chi connectivity index (χ1v) is 9.31. The molecular weight excluding hydrogens is 326 g/mol. The van der Waals surface area contributed by atoms with Crippen molar-refractivity contribution in [2.75, 3.05) is 25.0 Å². The van der Waals surface area contributed by atoms with E-state index in [0.29, 0.717) is 12.3 Å². The van der Waals surface area contributed by atoms with Gasteiger partial charge in [0.1, 0.15) is 0 Å². The van der Waals surface area contributed by atoms with Crippen molar-refractivity contribution < 1.29 is 4.42 Å². The summed E-state index contributed by atoms with van der Waals surface area (Å²) in [4.78, 5) is 16.7. The number of oxazole rings is 1. The number of rotatable bonds is 5. The van der Waals surface area contributed by atoms with Crippen molar-refractivity contribution in [3.63, 3.8) is 0 Å². The van der Waals surface area contributed by atoms with E-state index in [1.807, 2.05) is 31.3 Å². The van der Waals surface area contributed by atoms with Crippen LogP contribution in [0.5, 0.6) is 0 Å². The molecule has 2 heterocycles. The van der Waals surface area contributed by atoms with E-state index in [9.17, 15) is 4.79 Å². The smallest absolute Gasteiger partial charge is 0.408 e. The maximum Gasteiger partial charge on any atom is 0.421 e. The van der Waals surface area contributed by atoms with Crippen molar-refractivity contribution in [1.29, 1.82) is 0 Å². The van der Waals surface area contributed by atoms with Gasteiger partial charge in [-0.25, -0.2) is 4.79 Å². The van der Waals surface area contributed by atoms with E-state index in [1.54, 1.807) is 4.57 Å². The third-order valence-electron chi connectivity index (χ3n) is 5.07. The average Bonchev–Trinajstić information content (AvgIpc) is 2.98. The highest BCUT2D eigenvalue weighted by Crippen LogP contribution is 2.21. The molecule has 4 rings (SSSR count). The zero-order valence-electron chi connectivity index (χ0n) is 15.2. The highest BCUT2D eigenvalue weighted by atomic mass is 16.4. The van der Waals surface area contributed by atoms with Crippen molar-refractivity contribution in [3.05, 3.63) is 64.6 Å². The summed E-state index contributed by atoms with van der Waals surface area (Å²) >= 11 is 0. The van der Waals surface area contributed by atoms with Crippen LogP contribution >= 0.6 is 0 Å². The number of piperidine rings is 1. The van der Waals surface area contributed by atoms with Gasteiger partial charge in [0.15, 0.2) is 5.58 Å². The number of para-hydroxylation sites is 2. The molecular formula is C21H25N3O2. The fourth-order valence-electron chi connectivity index (χ4n) is 3.72. The third kappa shape index (κ3) is 3.53. The van der Waals surface area contributed by atoms with E-state index in [2.05, 4.69) is 34.1 Å². The summed E-state index contributed by atoms with van der Waals surface area (Å²) < 4.78 is 6.99. The largest absolute Gasteiger partial charge is 0.421 e. The van der Waals surface area contributed by atoms with Crippen LogP contribution in [0.15, 0.2) is 57.7 Å². The van der Waals surface area contributed by atoms with Crippen molar-refractivity contribution in [2.45, 2.75) is 32.5 Å². The van der Waals surface area contributed by atoms with Crippen LogP contribution in [0.4, 0.5) is 5.69 Å². The Kier molecular flexibility index (Phi) is 4.80. The van der Waals surface area contributed by atoms with Gasteiger partial charge in [0, 0.05) is 25.3 Å². The molecule has 1 fully saturated rings. The van der Waals surface area contributed by atoms with Crippen molar-refractivity contribution in [1.82, 2.24) is 9.47 Å². The second kappa shape index (κ2) is 7.38. The van der Waals surface area contributed by atoms with E-state index in [4.69, 9.17) is 4.42 Å². The van der Waals surface area contributed by atoms with Gasteiger partial charge in [0.05, 0.1) is 12.2 Å². The Hall–Kier alpha value is -2.53. The molecule has 136 valence electrons. The predicted octanol–water partition coefficient (Wildman–Crippen LogP) is 3.67. The summed E-state index contributed by atoms with van der Waals surface area (Å²) in [6.45, 7) is 3.61. The molecule has 0 amide bonds. The van der Waals surface area contributed by atoms with Crippen LogP contribution in [0.25, 0.3) is 11.1 Å². The van der Waals surface area contributed by atoms with Gasteiger partial charge in [0.2, 0.25) is 0 Å². The third-order valence-corrected chi connectivity index (χ3v) is 5.07. The Bertz CT molecular complexity index is 920. The van der Waals surface area contributed by atoms with Gasteiger partial charge in [-0.15, -0.1) is 0 Å². The van der Waals surface area contributed by atoms with Crippen molar-refractivity contribution in [2.24, 2.45) is 0 Å². The van der Waals surface area contributed by atoms with E-state index in [0.717, 1.165) is 25.2 Å². The van der Waals surface area contributed by atoms with Crippen LogP contribution in [-0.2, 0) is 13.2 Å². The Balaban J connectivity index is 1.43. The molecule has 0 atom stereocenters. The van der Waals surface area contributed by atoms with Gasteiger partial charge in [-0.2, -0.15) is 0 Å². The van der Waals surface area contributed by atoms with Gasteiger partial charge in [-0.1, -0.05) is 24.3 Å². The first-order chi connectivity index (χ1) is 12.7. The van der Waals surface area contributed by atoms with E-state index in [1.165, 1.54) is 30.5 Å². The maximum absolute atomic E-state index is 12.1. The molecule has 1 saturated heterocycles. The molecule has 0 unspecified atom stereocenters. The molecule has 0 bridgehead atoms. The number of fused-ring (bicyclic) bond motifs is 1. The number of anilines is 1. The van der Waals surface area contributed by atoms with Crippen molar-refractivity contribution in [3.8, 4) is 0 Å². The Labute approximate surface area is 153 Å². The van der Waals surface area contributed by atoms with Gasteiger partial charge in [-0.05, 0) is 56.1 Å². The minimum atomic E-state index is -0.307. The fraction of sp³-hybridized carbons (Fsp3) is 0.381. The van der Waals surface area contributed by atoms with Crippen LogP contribution in [0, 0.1) is 0 Å². The maximum atomic E-state index is 12.1. The molecule has 0 saturated carbocycles. The lowest BCUT2D eigenvalue weighted by molar-refractivity contribution is 0.253. The molecule has 0 N–H and O–H groups in total. The lowest BCUT2D eigenvalue weighted by Crippen LogP contribution is -2.29. The number of nitrogens with zero attached hydrogens (tertiary/aromatic N) is 3. The summed E-state index contributed by atoms with van der Waals surface area (Å²) in [7, 11) is 2.02. The number of benzene rings is 2. The molecule has 3 aromatic rings. The SMILES string of the molecule is CN(Cc1ccc(N2CCCCC2)cc1)Cn1c(=O)oc2ccccc21. The Morgan fingerprint density at radius 1 is 1.00 bits per heavy atom. The van der Waals surface area contributed by atoms with Crippen LogP contribution in [0.2, 0.25) is 0 Å². The first kappa shape index (κ1) is 16.9. The van der Waals surface area contributed by atoms with Crippen LogP contribution in [-0.4, -0.2) is 29.6 Å². The number of hydrogen-bond donors (Lipinski definition) is 0. The highest BCUT2D eigenvalue weighted by Gasteiger charge is 2.12. The molecule has 2 aromatic carbocycles. The standard InChI is InChI=1S/C21H25N3O2/c1-22(16-24-19-7-3-4-8-20(19)26-21(24)25)15-17-9-11-18(12-10-17)23-13-5-2-6-14-23/h3-4,7-12H,2,5-6,13-16H2,1H3. The predicted molar refractivity (Wildman–Crippen MR) is 104 cm³/mol. The molecule has 1 aliphatic heterocycles. The Morgan fingerprint density at radius 3 is 2.50 bits per heavy atom. The lowest BCUT2D eigenvalue weighted by Gasteiger charge is -2.29. The molecule has 1 aliphatic rings. The highest BCUT2D eigenvalue weighted by molar-refractivity contribution is 5.72. The minimum Gasteiger partial charge on any atom is -0.408 e. The van der Waals surface area contributed by atoms with E-state index >= 15 is 0 Å². The molecule has 0 radical (unpaired) electrons. The Morgan fingerprint density at radius 2 is 1.73 bits per heavy atom. The molecule has 5 nitrogen and oxygen atoms in total. The van der Waals surface area contributed by atoms with Gasteiger partial charge in [0.25, 0.3) is 0 Å². The summed E-state index contributed by atoms with van der Waals surface area (Å²) in [5, 5.41) is 0. The molecule has 0 aliphatic carbocycles. The second-order valence-electron chi connectivity index (χ2n) is 7.13. The lowest BCUT2D eigenvalue weighted by atomic mass is 10.1. The molecule has 1 aromatic heterocycles. The molecule has 0 spiro atoms. The van der Waals surface area contributed by atoms with Gasteiger partial charge < -0.3 is 9.32 Å². The minimum absolute atomic E-state index is 0.307. The summed E-state index contributed by atoms with van der Waals surface area (Å²) in [6.07, 6.45) is 3.93. The summed E-state index contributed by atoms with van der Waals surface area (Å²) in [6, 6.07) is 16.4. The van der Waals surface area contributed by atoms with E-state index in [-0.39, 0.29) is 5.76 Å². The number of aromatic nitrogens is 1. The van der Waals surface area contributed by atoms with Crippen LogP contribution in [0.3, 0.4) is 0 Å². The monoisotopic (exact) mass is 351 g/mol. The van der Waals surface area contributed by atoms with Crippen LogP contribution in [0.1, 0.15) is 24.8 Å². The topological polar surface area (TPSA) is 41.6 Å². The normalized spacial score (nSPS) is 15.1. The average molecular weight is 351 g/mol. The zero-order valence-corrected chi connectivity index (χ0v) is 15.2. The summed E-state index contributed by atoms with van der Waals surface area (Å²) in [5.74, 6) is -0.307. The van der Waals surface area contributed by atoms with Gasteiger partial charge >= 0.3 is 5.76 Å². The summed E-state index contributed by atoms with van der Waals surface area (Å²) in [5.41, 5.74) is 4.03. The van der Waals surface area contributed by atoms with Crippen molar-refractivity contribution >= 4 is 16.8 Å². The first-order valence-electron chi connectivity index (χ1n) is 9.31. The number of hydrogen-bond acceptors (Lipinski definition) is 4. The zero-order chi connectivity index (χ0) is 17.9. The quantitative estimate of drug-likeness (QED) is 0.703. The van der Waals surface area contributed by atoms with Crippen LogP contribution < -0.4 is 10.7 Å². The van der Waals surface area contributed by atoms with E-state index < -0.39 is 0 Å². The van der Waals surface area contributed by atoms with Gasteiger partial charge in [-0.3, -0.25) is 9.47 Å². The fourth-order valence-corrected chi connectivity index (χ4v) is 3.72. The second-order valence-corrected chi connectivity index (χ2v) is 7.13.